The van der Waals surface area contributed by atoms with Crippen LogP contribution in [0.2, 0.25) is 0 Å². The fourth-order valence-corrected chi connectivity index (χ4v) is 2.33. The summed E-state index contributed by atoms with van der Waals surface area (Å²) in [4.78, 5) is 0. The van der Waals surface area contributed by atoms with Crippen LogP contribution in [0.5, 0.6) is 23.0 Å². The van der Waals surface area contributed by atoms with Gasteiger partial charge in [-0.3, -0.25) is 0 Å². The fourth-order valence-electron chi connectivity index (χ4n) is 2.33. The monoisotopic (exact) mass is 334 g/mol. The molecule has 0 aromatic heterocycles. The summed E-state index contributed by atoms with van der Waals surface area (Å²) >= 11 is 0. The van der Waals surface area contributed by atoms with Crippen molar-refractivity contribution in [3.63, 3.8) is 0 Å². The van der Waals surface area contributed by atoms with Crippen LogP contribution < -0.4 is 18.9 Å². The van der Waals surface area contributed by atoms with Gasteiger partial charge in [-0.05, 0) is 29.8 Å². The lowest BCUT2D eigenvalue weighted by Gasteiger charge is -2.24. The van der Waals surface area contributed by atoms with Crippen molar-refractivity contribution in [2.24, 2.45) is 0 Å². The second-order valence-corrected chi connectivity index (χ2v) is 5.05. The highest BCUT2D eigenvalue weighted by Crippen LogP contribution is 2.33. The molecule has 0 saturated carbocycles. The molecule has 2 N–H and O–H groups in total. The van der Waals surface area contributed by atoms with E-state index in [9.17, 15) is 10.2 Å². The Morgan fingerprint density at radius 1 is 0.833 bits per heavy atom. The van der Waals surface area contributed by atoms with E-state index in [1.807, 2.05) is 6.07 Å². The quantitative estimate of drug-likeness (QED) is 0.770. The van der Waals surface area contributed by atoms with E-state index < -0.39 is 12.2 Å². The Hall–Kier alpha value is -2.44. The normalized spacial score (nSPS) is 13.0. The summed E-state index contributed by atoms with van der Waals surface area (Å²) in [7, 11) is 4.58. The maximum absolute atomic E-state index is 10.6. The van der Waals surface area contributed by atoms with E-state index >= 15 is 0 Å². The minimum Gasteiger partial charge on any atom is -0.493 e. The van der Waals surface area contributed by atoms with Crippen LogP contribution in [0.1, 0.15) is 11.7 Å². The molecule has 24 heavy (non-hydrogen) atoms. The van der Waals surface area contributed by atoms with Gasteiger partial charge >= 0.3 is 0 Å². The number of rotatable bonds is 8. The smallest absolute Gasteiger partial charge is 0.161 e. The third-order valence-electron chi connectivity index (χ3n) is 3.63. The lowest BCUT2D eigenvalue weighted by Crippen LogP contribution is -2.29. The SMILES string of the molecule is COc1ccc(C(O)C(CO)Oc2ccccc2OC)cc1OC. The summed E-state index contributed by atoms with van der Waals surface area (Å²) in [5.41, 5.74) is 0.543. The average Bonchev–Trinajstić information content (AvgIpc) is 2.65. The van der Waals surface area contributed by atoms with Crippen molar-refractivity contribution in [2.75, 3.05) is 27.9 Å². The largest absolute Gasteiger partial charge is 0.493 e. The van der Waals surface area contributed by atoms with Crippen molar-refractivity contribution in [1.82, 2.24) is 0 Å². The molecule has 0 aliphatic rings. The van der Waals surface area contributed by atoms with Crippen molar-refractivity contribution in [3.8, 4) is 23.0 Å². The summed E-state index contributed by atoms with van der Waals surface area (Å²) in [6.45, 7) is -0.368. The van der Waals surface area contributed by atoms with Crippen LogP contribution in [0.25, 0.3) is 0 Å². The molecule has 0 aliphatic heterocycles. The number of ether oxygens (including phenoxy) is 4. The first-order chi connectivity index (χ1) is 11.6. The van der Waals surface area contributed by atoms with Gasteiger partial charge < -0.3 is 29.2 Å². The van der Waals surface area contributed by atoms with Crippen LogP contribution in [0.15, 0.2) is 42.5 Å². The Kier molecular flexibility index (Phi) is 6.28. The van der Waals surface area contributed by atoms with Crippen LogP contribution in [0.3, 0.4) is 0 Å². The lowest BCUT2D eigenvalue weighted by atomic mass is 10.0. The molecule has 0 amide bonds. The summed E-state index contributed by atoms with van der Waals surface area (Å²) in [5.74, 6) is 2.01. The minimum absolute atomic E-state index is 0.368. The predicted octanol–water partition coefficient (Wildman–Crippen LogP) is 2.19. The third kappa shape index (κ3) is 3.90. The molecule has 2 aromatic rings. The number of aliphatic hydroxyl groups is 2. The summed E-state index contributed by atoms with van der Waals surface area (Å²) in [6.07, 6.45) is -1.92. The van der Waals surface area contributed by atoms with Gasteiger partial charge in [0.25, 0.3) is 0 Å². The van der Waals surface area contributed by atoms with Crippen molar-refractivity contribution in [1.29, 1.82) is 0 Å². The molecule has 0 fully saturated rings. The van der Waals surface area contributed by atoms with Gasteiger partial charge in [0, 0.05) is 0 Å². The van der Waals surface area contributed by atoms with Gasteiger partial charge in [-0.15, -0.1) is 0 Å². The van der Waals surface area contributed by atoms with E-state index in [-0.39, 0.29) is 6.61 Å². The van der Waals surface area contributed by atoms with Crippen molar-refractivity contribution in [3.05, 3.63) is 48.0 Å². The number of hydrogen-bond donors (Lipinski definition) is 2. The van der Waals surface area contributed by atoms with E-state index in [0.717, 1.165) is 0 Å². The molecule has 0 heterocycles. The standard InChI is InChI=1S/C18H22O6/c1-21-13-6-4-5-7-15(13)24-17(11-19)18(20)12-8-9-14(22-2)16(10-12)23-3/h4-10,17-20H,11H2,1-3H3. The molecule has 2 aromatic carbocycles. The Morgan fingerprint density at radius 2 is 1.42 bits per heavy atom. The molecule has 0 radical (unpaired) electrons. The number of para-hydroxylation sites is 2. The predicted molar refractivity (Wildman–Crippen MR) is 89.0 cm³/mol. The Labute approximate surface area is 141 Å². The zero-order valence-electron chi connectivity index (χ0n) is 13.9. The molecule has 0 aliphatic carbocycles. The zero-order chi connectivity index (χ0) is 17.5. The molecular formula is C18H22O6. The number of benzene rings is 2. The second-order valence-electron chi connectivity index (χ2n) is 5.05. The summed E-state index contributed by atoms with van der Waals surface area (Å²) in [6, 6.07) is 12.1. The topological polar surface area (TPSA) is 77.4 Å². The molecule has 0 bridgehead atoms. The van der Waals surface area contributed by atoms with Crippen LogP contribution in [-0.4, -0.2) is 44.3 Å². The van der Waals surface area contributed by atoms with E-state index in [2.05, 4.69) is 0 Å². The minimum atomic E-state index is -1.06. The van der Waals surface area contributed by atoms with E-state index in [1.165, 1.54) is 21.3 Å². The second kappa shape index (κ2) is 8.42. The zero-order valence-corrected chi connectivity index (χ0v) is 13.9. The van der Waals surface area contributed by atoms with E-state index in [4.69, 9.17) is 18.9 Å². The van der Waals surface area contributed by atoms with E-state index in [0.29, 0.717) is 28.6 Å². The number of aliphatic hydroxyl groups excluding tert-OH is 2. The van der Waals surface area contributed by atoms with Gasteiger partial charge in [0.2, 0.25) is 0 Å². The van der Waals surface area contributed by atoms with Crippen LogP contribution in [-0.2, 0) is 0 Å². The average molecular weight is 334 g/mol. The van der Waals surface area contributed by atoms with Crippen molar-refractivity contribution >= 4 is 0 Å². The molecule has 0 saturated heterocycles. The van der Waals surface area contributed by atoms with Gasteiger partial charge in [-0.25, -0.2) is 0 Å². The molecule has 130 valence electrons. The van der Waals surface area contributed by atoms with Gasteiger partial charge in [-0.2, -0.15) is 0 Å². The Balaban J connectivity index is 2.24. The van der Waals surface area contributed by atoms with Crippen molar-refractivity contribution < 1.29 is 29.2 Å². The molecular weight excluding hydrogens is 312 g/mol. The van der Waals surface area contributed by atoms with Crippen LogP contribution in [0.4, 0.5) is 0 Å². The first-order valence-electron chi connectivity index (χ1n) is 7.45. The van der Waals surface area contributed by atoms with Gasteiger partial charge in [-0.1, -0.05) is 18.2 Å². The lowest BCUT2D eigenvalue weighted by molar-refractivity contribution is -0.000514. The summed E-state index contributed by atoms with van der Waals surface area (Å²) in [5, 5.41) is 20.2. The maximum atomic E-state index is 10.6. The molecule has 6 heteroatoms. The molecule has 6 nitrogen and oxygen atoms in total. The fraction of sp³-hybridized carbons (Fsp3) is 0.333. The number of methoxy groups -OCH3 is 3. The van der Waals surface area contributed by atoms with Crippen LogP contribution in [0, 0.1) is 0 Å². The molecule has 0 spiro atoms. The van der Waals surface area contributed by atoms with Gasteiger partial charge in [0.15, 0.2) is 29.1 Å². The van der Waals surface area contributed by atoms with E-state index in [1.54, 1.807) is 36.4 Å². The third-order valence-corrected chi connectivity index (χ3v) is 3.63. The Morgan fingerprint density at radius 3 is 2.00 bits per heavy atom. The highest BCUT2D eigenvalue weighted by atomic mass is 16.5. The molecule has 2 atom stereocenters. The maximum Gasteiger partial charge on any atom is 0.161 e. The van der Waals surface area contributed by atoms with Crippen LogP contribution >= 0.6 is 0 Å². The number of hydrogen-bond acceptors (Lipinski definition) is 6. The summed E-state index contributed by atoms with van der Waals surface area (Å²) < 4.78 is 21.4. The van der Waals surface area contributed by atoms with Gasteiger partial charge in [0.1, 0.15) is 6.10 Å². The molecule has 2 rings (SSSR count). The Bertz CT molecular complexity index is 658. The molecule has 2 unspecified atom stereocenters. The highest BCUT2D eigenvalue weighted by molar-refractivity contribution is 5.44. The van der Waals surface area contributed by atoms with Crippen molar-refractivity contribution in [2.45, 2.75) is 12.2 Å². The highest BCUT2D eigenvalue weighted by Gasteiger charge is 2.24. The first-order valence-corrected chi connectivity index (χ1v) is 7.45. The first kappa shape index (κ1) is 17.9. The van der Waals surface area contributed by atoms with Gasteiger partial charge in [0.05, 0.1) is 27.9 Å².